The van der Waals surface area contributed by atoms with Crippen molar-refractivity contribution in [3.8, 4) is 0 Å². The molecule has 0 saturated carbocycles. The van der Waals surface area contributed by atoms with Crippen LogP contribution in [-0.2, 0) is 4.79 Å². The maximum atomic E-state index is 11.6. The number of hydrogen-bond donors (Lipinski definition) is 1. The predicted molar refractivity (Wildman–Crippen MR) is 92.7 cm³/mol. The smallest absolute Gasteiger partial charge is 0.239 e. The first-order valence-electron chi connectivity index (χ1n) is 7.78. The van der Waals surface area contributed by atoms with Crippen molar-refractivity contribution >= 4 is 28.9 Å². The summed E-state index contributed by atoms with van der Waals surface area (Å²) in [5.74, 6) is 0.179. The number of hydrogen-bond acceptors (Lipinski definition) is 2. The molecule has 0 radical (unpaired) electrons. The summed E-state index contributed by atoms with van der Waals surface area (Å²) < 4.78 is 0. The largest absolute Gasteiger partial charge is 0.371 e. The molecule has 0 aliphatic carbocycles. The third kappa shape index (κ3) is 5.24. The van der Waals surface area contributed by atoms with Crippen LogP contribution in [0.2, 0.25) is 0 Å². The molecule has 0 spiro atoms. The summed E-state index contributed by atoms with van der Waals surface area (Å²) in [6.45, 7) is 10.7. The second kappa shape index (κ2) is 8.93. The number of alkyl halides is 1. The summed E-state index contributed by atoms with van der Waals surface area (Å²) >= 11 is 5.61. The maximum absolute atomic E-state index is 11.6. The van der Waals surface area contributed by atoms with Gasteiger partial charge in [-0.2, -0.15) is 0 Å². The van der Waals surface area contributed by atoms with Crippen molar-refractivity contribution in [1.29, 1.82) is 0 Å². The molecule has 1 aromatic rings. The van der Waals surface area contributed by atoms with Gasteiger partial charge in [-0.25, -0.2) is 0 Å². The van der Waals surface area contributed by atoms with Crippen molar-refractivity contribution < 1.29 is 4.79 Å². The molecule has 4 heteroatoms. The molecule has 0 aliphatic rings. The fourth-order valence-electron chi connectivity index (χ4n) is 2.45. The molecule has 1 N–H and O–H groups in total. The van der Waals surface area contributed by atoms with Gasteiger partial charge in [0.25, 0.3) is 0 Å². The van der Waals surface area contributed by atoms with Crippen LogP contribution in [0, 0.1) is 0 Å². The summed E-state index contributed by atoms with van der Waals surface area (Å²) in [6.07, 6.45) is 2.21. The Bertz CT molecular complexity index is 454. The predicted octanol–water partition coefficient (Wildman–Crippen LogP) is 4.61. The van der Waals surface area contributed by atoms with Crippen LogP contribution in [-0.4, -0.2) is 24.9 Å². The van der Waals surface area contributed by atoms with Crippen molar-refractivity contribution in [1.82, 2.24) is 0 Å². The fraction of sp³-hybridized carbons (Fsp3) is 0.588. The molecule has 21 heavy (non-hydrogen) atoms. The Hall–Kier alpha value is -1.22. The van der Waals surface area contributed by atoms with Crippen LogP contribution in [0.25, 0.3) is 0 Å². The van der Waals surface area contributed by atoms with Gasteiger partial charge in [-0.3, -0.25) is 4.79 Å². The Kier molecular flexibility index (Phi) is 7.58. The number of nitrogens with zero attached hydrogens (tertiary/aromatic N) is 1. The molecule has 0 heterocycles. The summed E-state index contributed by atoms with van der Waals surface area (Å²) in [6, 6.07) is 6.34. The highest BCUT2D eigenvalue weighted by atomic mass is 35.5. The Labute approximate surface area is 133 Å². The van der Waals surface area contributed by atoms with E-state index in [2.05, 4.69) is 56.1 Å². The number of carbonyl (C=O) groups is 1. The maximum Gasteiger partial charge on any atom is 0.239 e. The molecule has 0 saturated heterocycles. The van der Waals surface area contributed by atoms with E-state index in [1.165, 1.54) is 0 Å². The van der Waals surface area contributed by atoms with Crippen LogP contribution in [0.15, 0.2) is 18.2 Å². The molecule has 118 valence electrons. The van der Waals surface area contributed by atoms with Gasteiger partial charge < -0.3 is 10.2 Å². The standard InChI is InChI=1S/C17H27ClN2O/c1-5-9-20(10-6-2)14-7-8-15(13(3)4)16(11-14)19-17(21)12-18/h7-8,11,13H,5-6,9-10,12H2,1-4H3,(H,19,21). The third-order valence-corrected chi connectivity index (χ3v) is 3.65. The van der Waals surface area contributed by atoms with Crippen LogP contribution in [0.5, 0.6) is 0 Å². The minimum Gasteiger partial charge on any atom is -0.371 e. The molecule has 0 aliphatic heterocycles. The van der Waals surface area contributed by atoms with Gasteiger partial charge in [-0.1, -0.05) is 33.8 Å². The zero-order valence-corrected chi connectivity index (χ0v) is 14.3. The van der Waals surface area contributed by atoms with Crippen molar-refractivity contribution in [2.45, 2.75) is 46.5 Å². The lowest BCUT2D eigenvalue weighted by Crippen LogP contribution is -2.25. The van der Waals surface area contributed by atoms with E-state index < -0.39 is 0 Å². The third-order valence-electron chi connectivity index (χ3n) is 3.41. The van der Waals surface area contributed by atoms with E-state index in [1.54, 1.807) is 0 Å². The van der Waals surface area contributed by atoms with Crippen LogP contribution < -0.4 is 10.2 Å². The summed E-state index contributed by atoms with van der Waals surface area (Å²) in [7, 11) is 0. The van der Waals surface area contributed by atoms with Crippen LogP contribution in [0.1, 0.15) is 52.0 Å². The number of halogens is 1. The van der Waals surface area contributed by atoms with Gasteiger partial charge in [0.1, 0.15) is 5.88 Å². The molecular weight excluding hydrogens is 284 g/mol. The van der Waals surface area contributed by atoms with E-state index in [0.717, 1.165) is 42.9 Å². The Morgan fingerprint density at radius 2 is 1.86 bits per heavy atom. The Morgan fingerprint density at radius 3 is 2.33 bits per heavy atom. The molecule has 0 unspecified atom stereocenters. The van der Waals surface area contributed by atoms with E-state index in [-0.39, 0.29) is 11.8 Å². The van der Waals surface area contributed by atoms with E-state index >= 15 is 0 Å². The van der Waals surface area contributed by atoms with Gasteiger partial charge >= 0.3 is 0 Å². The molecule has 0 bridgehead atoms. The normalized spacial score (nSPS) is 10.8. The number of benzene rings is 1. The second-order valence-corrected chi connectivity index (χ2v) is 5.86. The van der Waals surface area contributed by atoms with Gasteiger partial charge in [-0.05, 0) is 36.5 Å². The minimum atomic E-state index is -0.159. The number of carbonyl (C=O) groups excluding carboxylic acids is 1. The van der Waals surface area contributed by atoms with Gasteiger partial charge in [-0.15, -0.1) is 11.6 Å². The quantitative estimate of drug-likeness (QED) is 0.711. The monoisotopic (exact) mass is 310 g/mol. The first-order valence-corrected chi connectivity index (χ1v) is 8.31. The molecular formula is C17H27ClN2O. The SMILES string of the molecule is CCCN(CCC)c1ccc(C(C)C)c(NC(=O)CCl)c1. The van der Waals surface area contributed by atoms with Crippen molar-refractivity contribution in [2.24, 2.45) is 0 Å². The molecule has 1 rings (SSSR count). The van der Waals surface area contributed by atoms with Crippen LogP contribution in [0.3, 0.4) is 0 Å². The number of nitrogens with one attached hydrogen (secondary N) is 1. The summed E-state index contributed by atoms with van der Waals surface area (Å²) in [5.41, 5.74) is 3.18. The minimum absolute atomic E-state index is 0.0185. The van der Waals surface area contributed by atoms with E-state index in [0.29, 0.717) is 5.92 Å². The lowest BCUT2D eigenvalue weighted by atomic mass is 10.00. The molecule has 3 nitrogen and oxygen atoms in total. The first-order chi connectivity index (χ1) is 10.0. The van der Waals surface area contributed by atoms with Crippen molar-refractivity contribution in [3.05, 3.63) is 23.8 Å². The summed E-state index contributed by atoms with van der Waals surface area (Å²) in [4.78, 5) is 14.0. The lowest BCUT2D eigenvalue weighted by molar-refractivity contribution is -0.113. The van der Waals surface area contributed by atoms with E-state index in [1.807, 2.05) is 0 Å². The number of amides is 1. The Balaban J connectivity index is 3.11. The van der Waals surface area contributed by atoms with Gasteiger partial charge in [0.05, 0.1) is 0 Å². The highest BCUT2D eigenvalue weighted by molar-refractivity contribution is 6.29. The highest BCUT2D eigenvalue weighted by Crippen LogP contribution is 2.29. The zero-order chi connectivity index (χ0) is 15.8. The van der Waals surface area contributed by atoms with E-state index in [9.17, 15) is 4.79 Å². The summed E-state index contributed by atoms with van der Waals surface area (Å²) in [5, 5.41) is 2.92. The number of rotatable bonds is 8. The highest BCUT2D eigenvalue weighted by Gasteiger charge is 2.13. The Morgan fingerprint density at radius 1 is 1.24 bits per heavy atom. The molecule has 0 aromatic heterocycles. The average molecular weight is 311 g/mol. The lowest BCUT2D eigenvalue weighted by Gasteiger charge is -2.25. The zero-order valence-electron chi connectivity index (χ0n) is 13.6. The molecule has 0 fully saturated rings. The first kappa shape index (κ1) is 17.8. The molecule has 0 atom stereocenters. The molecule has 1 aromatic carbocycles. The average Bonchev–Trinajstić information content (AvgIpc) is 2.46. The topological polar surface area (TPSA) is 32.3 Å². The van der Waals surface area contributed by atoms with Gasteiger partial charge in [0.2, 0.25) is 5.91 Å². The second-order valence-electron chi connectivity index (χ2n) is 5.60. The van der Waals surface area contributed by atoms with Gasteiger partial charge in [0.15, 0.2) is 0 Å². The van der Waals surface area contributed by atoms with Crippen molar-refractivity contribution in [2.75, 3.05) is 29.2 Å². The molecule has 1 amide bonds. The number of anilines is 2. The fourth-order valence-corrected chi connectivity index (χ4v) is 2.51. The van der Waals surface area contributed by atoms with Gasteiger partial charge in [0, 0.05) is 24.5 Å². The van der Waals surface area contributed by atoms with Crippen LogP contribution >= 0.6 is 11.6 Å². The van der Waals surface area contributed by atoms with E-state index in [4.69, 9.17) is 11.6 Å². The van der Waals surface area contributed by atoms with Crippen LogP contribution in [0.4, 0.5) is 11.4 Å². The van der Waals surface area contributed by atoms with Crippen molar-refractivity contribution in [3.63, 3.8) is 0 Å².